The van der Waals surface area contributed by atoms with Gasteiger partial charge in [0, 0.05) is 13.2 Å². The maximum atomic E-state index is 11.0. The van der Waals surface area contributed by atoms with E-state index in [2.05, 4.69) is 7.50 Å². The summed E-state index contributed by atoms with van der Waals surface area (Å²) in [4.78, 5) is 5.40. The van der Waals surface area contributed by atoms with E-state index in [4.69, 9.17) is 0 Å². The maximum absolute atomic E-state index is 11.0. The molecule has 0 radical (unpaired) electrons. The molecule has 0 amide bonds. The molecule has 0 fully saturated rings. The lowest BCUT2D eigenvalue weighted by atomic mass is 10.5. The van der Waals surface area contributed by atoms with Gasteiger partial charge in [-0.2, -0.15) is 10.9 Å². The van der Waals surface area contributed by atoms with Gasteiger partial charge in [-0.3, -0.25) is 0 Å². The maximum Gasteiger partial charge on any atom is 0.303 e. The Kier molecular flexibility index (Phi) is 3.07. The van der Waals surface area contributed by atoms with Gasteiger partial charge in [-0.1, -0.05) is 0 Å². The van der Waals surface area contributed by atoms with E-state index in [0.29, 0.717) is 0 Å². The van der Waals surface area contributed by atoms with Gasteiger partial charge >= 0.3 is 10.1 Å². The van der Waals surface area contributed by atoms with Crippen molar-refractivity contribution in [2.75, 3.05) is 7.05 Å². The Bertz CT molecular complexity index is 297. The van der Waals surface area contributed by atoms with Crippen LogP contribution >= 0.6 is 23.0 Å². The first kappa shape index (κ1) is 9.93. The first-order valence-corrected chi connectivity index (χ1v) is 5.39. The van der Waals surface area contributed by atoms with Crippen molar-refractivity contribution in [1.82, 2.24) is 4.90 Å². The normalized spacial score (nSPS) is 23.2. The quantitative estimate of drug-likeness (QED) is 0.697. The Balaban J connectivity index is 2.82. The lowest BCUT2D eigenvalue weighted by Gasteiger charge is -2.14. The molecular weight excluding hydrogens is 295 g/mol. The number of hydrogen-bond acceptors (Lipinski definition) is 5. The summed E-state index contributed by atoms with van der Waals surface area (Å²) in [6.45, 7) is 0. The highest BCUT2D eigenvalue weighted by molar-refractivity contribution is 14.1. The number of hydrogen-bond donors (Lipinski definition) is 0. The van der Waals surface area contributed by atoms with Crippen LogP contribution in [0.25, 0.3) is 0 Å². The second-order valence-electron chi connectivity index (χ2n) is 2.22. The topological polar surface area (TPSA) is 59.0 Å². The lowest BCUT2D eigenvalue weighted by Crippen LogP contribution is -2.23. The molecule has 1 rings (SSSR count). The SMILES string of the molecule is CN1C=CC(S(=O)(=O)OI)N=C1. The third-order valence-corrected chi connectivity index (χ3v) is 3.81. The summed E-state index contributed by atoms with van der Waals surface area (Å²) in [5, 5.41) is -0.911. The van der Waals surface area contributed by atoms with E-state index in [-0.39, 0.29) is 0 Å². The Labute approximate surface area is 84.9 Å². The van der Waals surface area contributed by atoms with Crippen LogP contribution in [0.3, 0.4) is 0 Å². The average Bonchev–Trinajstić information content (AvgIpc) is 2.05. The van der Waals surface area contributed by atoms with Gasteiger partial charge in [0.1, 0.15) is 23.0 Å². The molecule has 0 saturated carbocycles. The first-order chi connectivity index (χ1) is 5.56. The predicted octanol–water partition coefficient (Wildman–Crippen LogP) is 0.496. The van der Waals surface area contributed by atoms with Gasteiger partial charge in [0.05, 0.1) is 6.34 Å². The molecule has 5 nitrogen and oxygen atoms in total. The van der Waals surface area contributed by atoms with Gasteiger partial charge in [-0.15, -0.1) is 0 Å². The summed E-state index contributed by atoms with van der Waals surface area (Å²) >= 11 is 1.33. The molecule has 0 spiro atoms. The Morgan fingerprint density at radius 1 is 1.67 bits per heavy atom. The summed E-state index contributed by atoms with van der Waals surface area (Å²) in [6, 6.07) is 0. The van der Waals surface area contributed by atoms with E-state index in [1.807, 2.05) is 0 Å². The van der Waals surface area contributed by atoms with Gasteiger partial charge in [0.2, 0.25) is 0 Å². The molecule has 1 atom stereocenters. The van der Waals surface area contributed by atoms with Crippen LogP contribution in [-0.2, 0) is 12.6 Å². The molecule has 1 unspecified atom stereocenters. The third-order valence-electron chi connectivity index (χ3n) is 1.27. The molecule has 1 heterocycles. The minimum Gasteiger partial charge on any atom is -0.343 e. The van der Waals surface area contributed by atoms with E-state index in [1.54, 1.807) is 18.1 Å². The molecule has 1 aliphatic heterocycles. The molecule has 0 saturated heterocycles. The standard InChI is InChI=1S/C5H7IN2O3S/c1-8-3-2-5(7-4-8)12(9,10)11-6/h2-5H,1H3. The molecule has 0 bridgehead atoms. The van der Waals surface area contributed by atoms with E-state index in [1.165, 1.54) is 35.4 Å². The molecule has 0 aromatic heterocycles. The van der Waals surface area contributed by atoms with Crippen LogP contribution in [-0.4, -0.2) is 32.1 Å². The van der Waals surface area contributed by atoms with Crippen molar-refractivity contribution in [3.05, 3.63) is 12.3 Å². The summed E-state index contributed by atoms with van der Waals surface area (Å²) < 4.78 is 26.4. The number of nitrogens with zero attached hydrogens (tertiary/aromatic N) is 2. The highest BCUT2D eigenvalue weighted by Crippen LogP contribution is 2.13. The van der Waals surface area contributed by atoms with E-state index >= 15 is 0 Å². The highest BCUT2D eigenvalue weighted by atomic mass is 127. The van der Waals surface area contributed by atoms with Gasteiger partial charge in [0.25, 0.3) is 0 Å². The number of aliphatic imine (C=N–C) groups is 1. The Morgan fingerprint density at radius 2 is 2.33 bits per heavy atom. The monoisotopic (exact) mass is 302 g/mol. The number of rotatable bonds is 2. The third kappa shape index (κ3) is 2.17. The summed E-state index contributed by atoms with van der Waals surface area (Å²) in [5.74, 6) is 0. The van der Waals surface area contributed by atoms with Crippen LogP contribution in [0.15, 0.2) is 17.3 Å². The molecule has 12 heavy (non-hydrogen) atoms. The van der Waals surface area contributed by atoms with E-state index in [0.717, 1.165) is 0 Å². The second kappa shape index (κ2) is 3.71. The average molecular weight is 302 g/mol. The van der Waals surface area contributed by atoms with Crippen LogP contribution in [0, 0.1) is 0 Å². The fraction of sp³-hybridized carbons (Fsp3) is 0.400. The van der Waals surface area contributed by atoms with Crippen molar-refractivity contribution in [2.24, 2.45) is 4.99 Å². The molecule has 0 aromatic carbocycles. The van der Waals surface area contributed by atoms with Crippen LogP contribution in [0.5, 0.6) is 0 Å². The second-order valence-corrected chi connectivity index (χ2v) is 4.89. The molecule has 0 aromatic rings. The van der Waals surface area contributed by atoms with Crippen LogP contribution in [0.2, 0.25) is 0 Å². The van der Waals surface area contributed by atoms with E-state index < -0.39 is 15.5 Å². The fourth-order valence-corrected chi connectivity index (χ4v) is 1.86. The van der Waals surface area contributed by atoms with Gasteiger partial charge in [-0.25, -0.2) is 4.99 Å². The molecule has 7 heteroatoms. The van der Waals surface area contributed by atoms with Crippen molar-refractivity contribution in [1.29, 1.82) is 0 Å². The summed E-state index contributed by atoms with van der Waals surface area (Å²) in [7, 11) is -1.81. The van der Waals surface area contributed by atoms with Crippen molar-refractivity contribution in [2.45, 2.75) is 5.37 Å². The largest absolute Gasteiger partial charge is 0.343 e. The zero-order chi connectivity index (χ0) is 9.19. The minimum absolute atomic E-state index is 0.911. The summed E-state index contributed by atoms with van der Waals surface area (Å²) in [6.07, 6.45) is 4.50. The lowest BCUT2D eigenvalue weighted by molar-refractivity contribution is 0.526. The first-order valence-electron chi connectivity index (χ1n) is 3.04. The van der Waals surface area contributed by atoms with Crippen molar-refractivity contribution in [3.8, 4) is 0 Å². The Hall–Kier alpha value is -0.150. The van der Waals surface area contributed by atoms with Crippen LogP contribution in [0.1, 0.15) is 0 Å². The minimum atomic E-state index is -3.57. The van der Waals surface area contributed by atoms with Gasteiger partial charge in [0.15, 0.2) is 5.37 Å². The zero-order valence-electron chi connectivity index (χ0n) is 6.21. The fourth-order valence-electron chi connectivity index (χ4n) is 0.676. The van der Waals surface area contributed by atoms with Gasteiger partial charge < -0.3 is 4.90 Å². The van der Waals surface area contributed by atoms with Crippen molar-refractivity contribution in [3.63, 3.8) is 0 Å². The van der Waals surface area contributed by atoms with E-state index in [9.17, 15) is 8.42 Å². The van der Waals surface area contributed by atoms with Crippen LogP contribution < -0.4 is 0 Å². The zero-order valence-corrected chi connectivity index (χ0v) is 9.19. The van der Waals surface area contributed by atoms with Crippen molar-refractivity contribution < 1.29 is 10.9 Å². The van der Waals surface area contributed by atoms with Gasteiger partial charge in [-0.05, 0) is 6.08 Å². The molecule has 68 valence electrons. The molecule has 0 N–H and O–H groups in total. The predicted molar refractivity (Wildman–Crippen MR) is 53.2 cm³/mol. The molecule has 1 aliphatic rings. The molecular formula is C5H7IN2O3S. The van der Waals surface area contributed by atoms with Crippen molar-refractivity contribution >= 4 is 39.5 Å². The molecule has 0 aliphatic carbocycles. The van der Waals surface area contributed by atoms with Crippen LogP contribution in [0.4, 0.5) is 0 Å². The number of halogens is 1. The highest BCUT2D eigenvalue weighted by Gasteiger charge is 2.23. The smallest absolute Gasteiger partial charge is 0.303 e. The summed E-state index contributed by atoms with van der Waals surface area (Å²) in [5.41, 5.74) is 0. The Morgan fingerprint density at radius 3 is 2.75 bits per heavy atom.